The normalized spacial score (nSPS) is 18.6. The van der Waals surface area contributed by atoms with E-state index in [1.807, 2.05) is 0 Å². The molecule has 10 heteroatoms. The summed E-state index contributed by atoms with van der Waals surface area (Å²) in [6.45, 7) is 0. The number of halogens is 7. The molecule has 0 aromatic heterocycles. The van der Waals surface area contributed by atoms with Gasteiger partial charge < -0.3 is 4.74 Å². The van der Waals surface area contributed by atoms with Crippen molar-refractivity contribution < 1.29 is 35.9 Å². The lowest BCUT2D eigenvalue weighted by Crippen LogP contribution is -2.60. The molecular formula is C10H4BrF6NO2. The van der Waals surface area contributed by atoms with Crippen molar-refractivity contribution in [3.05, 3.63) is 29.8 Å². The van der Waals surface area contributed by atoms with E-state index >= 15 is 0 Å². The highest BCUT2D eigenvalue weighted by Crippen LogP contribution is 2.57. The van der Waals surface area contributed by atoms with Crippen molar-refractivity contribution in [1.29, 1.82) is 0 Å². The molecule has 2 rings (SSSR count). The summed E-state index contributed by atoms with van der Waals surface area (Å²) in [4.78, 5) is 11.3. The molecule has 0 fully saturated rings. The summed E-state index contributed by atoms with van der Waals surface area (Å²) >= 11 is 2.56. The van der Waals surface area contributed by atoms with Gasteiger partial charge in [0.25, 0.3) is 0 Å². The van der Waals surface area contributed by atoms with E-state index in [4.69, 9.17) is 0 Å². The minimum absolute atomic E-state index is 0.401. The van der Waals surface area contributed by atoms with E-state index in [1.54, 1.807) is 0 Å². The second kappa shape index (κ2) is 4.27. The summed E-state index contributed by atoms with van der Waals surface area (Å²) in [6, 6.07) is 3.74. The molecule has 0 N–H and O–H groups in total. The van der Waals surface area contributed by atoms with Gasteiger partial charge >= 0.3 is 24.0 Å². The first kappa shape index (κ1) is 14.9. The number of para-hydroxylation sites is 1. The molecule has 1 aromatic rings. The number of rotatable bonds is 0. The zero-order valence-corrected chi connectivity index (χ0v) is 10.8. The monoisotopic (exact) mass is 363 g/mol. The number of carbonyl (C=O) groups is 1. The highest BCUT2D eigenvalue weighted by molar-refractivity contribution is 9.10. The largest absolute Gasteiger partial charge is 0.442 e. The van der Waals surface area contributed by atoms with Gasteiger partial charge in [-0.05, 0) is 6.07 Å². The van der Waals surface area contributed by atoms with Crippen LogP contribution in [-0.2, 0) is 10.3 Å². The lowest BCUT2D eigenvalue weighted by Gasteiger charge is -2.41. The molecule has 3 nitrogen and oxygen atoms in total. The molecule has 1 aliphatic rings. The van der Waals surface area contributed by atoms with Crippen LogP contribution in [0.4, 0.5) is 36.8 Å². The molecule has 20 heavy (non-hydrogen) atoms. The van der Waals surface area contributed by atoms with Crippen LogP contribution in [0, 0.1) is 0 Å². The number of cyclic esters (lactones) is 1. The number of anilines is 1. The first-order valence-corrected chi connectivity index (χ1v) is 5.65. The summed E-state index contributed by atoms with van der Waals surface area (Å²) in [5, 5.41) is 0. The third kappa shape index (κ3) is 1.85. The van der Waals surface area contributed by atoms with E-state index in [2.05, 4.69) is 20.9 Å². The number of hydrogen-bond donors (Lipinski definition) is 0. The Morgan fingerprint density at radius 1 is 1.05 bits per heavy atom. The first-order chi connectivity index (χ1) is 9.02. The van der Waals surface area contributed by atoms with Crippen LogP contribution in [0.3, 0.4) is 0 Å². The van der Waals surface area contributed by atoms with Crippen molar-refractivity contribution in [3.63, 3.8) is 0 Å². The number of fused-ring (bicyclic) bond motifs is 1. The molecule has 0 spiro atoms. The van der Waals surface area contributed by atoms with Gasteiger partial charge in [0.2, 0.25) is 0 Å². The molecular weight excluding hydrogens is 360 g/mol. The molecule has 1 aliphatic heterocycles. The molecule has 0 radical (unpaired) electrons. The van der Waals surface area contributed by atoms with E-state index in [0.717, 1.165) is 12.1 Å². The number of carbonyl (C=O) groups excluding carboxylic acids is 1. The first-order valence-electron chi connectivity index (χ1n) is 4.94. The summed E-state index contributed by atoms with van der Waals surface area (Å²) in [7, 11) is 0. The van der Waals surface area contributed by atoms with Crippen LogP contribution in [-0.4, -0.2) is 18.4 Å². The zero-order valence-electron chi connectivity index (χ0n) is 9.22. The lowest BCUT2D eigenvalue weighted by molar-refractivity contribution is -0.373. The summed E-state index contributed by atoms with van der Waals surface area (Å²) in [5.74, 6) is 0. The van der Waals surface area contributed by atoms with Crippen LogP contribution >= 0.6 is 16.1 Å². The van der Waals surface area contributed by atoms with Gasteiger partial charge in [0.05, 0.1) is 21.8 Å². The lowest BCUT2D eigenvalue weighted by atomic mass is 9.89. The van der Waals surface area contributed by atoms with Gasteiger partial charge in [-0.3, -0.25) is 0 Å². The van der Waals surface area contributed by atoms with Gasteiger partial charge in [-0.25, -0.2) is 8.72 Å². The quantitative estimate of drug-likeness (QED) is 0.508. The Hall–Kier alpha value is -1.45. The Balaban J connectivity index is 2.83. The van der Waals surface area contributed by atoms with Crippen LogP contribution in [0.25, 0.3) is 0 Å². The zero-order chi connectivity index (χ0) is 15.3. The van der Waals surface area contributed by atoms with E-state index in [0.29, 0.717) is 9.99 Å². The molecule has 110 valence electrons. The molecule has 0 aliphatic carbocycles. The van der Waals surface area contributed by atoms with Crippen LogP contribution < -0.4 is 3.93 Å². The SMILES string of the molecule is O=C1OC(C(F)(F)F)(C(F)(F)F)c2ccccc2N1Br. The maximum Gasteiger partial charge on any atom is 0.442 e. The van der Waals surface area contributed by atoms with Crippen molar-refractivity contribution in [2.75, 3.05) is 3.93 Å². The minimum atomic E-state index is -5.86. The van der Waals surface area contributed by atoms with Crippen molar-refractivity contribution in [2.24, 2.45) is 0 Å². The molecule has 0 saturated carbocycles. The molecule has 1 aromatic carbocycles. The highest BCUT2D eigenvalue weighted by Gasteiger charge is 2.77. The van der Waals surface area contributed by atoms with Gasteiger partial charge in [-0.1, -0.05) is 18.2 Å². The maximum absolute atomic E-state index is 13.0. The van der Waals surface area contributed by atoms with Crippen molar-refractivity contribution in [2.45, 2.75) is 18.0 Å². The molecule has 0 saturated heterocycles. The Kier molecular flexibility index (Phi) is 3.19. The third-order valence-corrected chi connectivity index (χ3v) is 3.37. The van der Waals surface area contributed by atoms with Crippen LogP contribution in [0.5, 0.6) is 0 Å². The standard InChI is InChI=1S/C10H4BrF6NO2/c11-18-6-4-2-1-3-5(6)8(9(12,13)14,10(15,16)17)20-7(18)19/h1-4H. The molecule has 0 unspecified atom stereocenters. The van der Waals surface area contributed by atoms with Crippen LogP contribution in [0.1, 0.15) is 5.56 Å². The fourth-order valence-electron chi connectivity index (χ4n) is 1.85. The van der Waals surface area contributed by atoms with Gasteiger partial charge in [-0.15, -0.1) is 0 Å². The second-order valence-electron chi connectivity index (χ2n) is 3.84. The van der Waals surface area contributed by atoms with Crippen molar-refractivity contribution in [3.8, 4) is 0 Å². The molecule has 1 heterocycles. The van der Waals surface area contributed by atoms with Gasteiger partial charge in [-0.2, -0.15) is 26.3 Å². The number of nitrogens with zero attached hydrogens (tertiary/aromatic N) is 1. The van der Waals surface area contributed by atoms with E-state index < -0.39 is 35.3 Å². The van der Waals surface area contributed by atoms with Gasteiger partial charge in [0.1, 0.15) is 0 Å². The Bertz CT molecular complexity index is 541. The topological polar surface area (TPSA) is 29.5 Å². The molecule has 0 bridgehead atoms. The fraction of sp³-hybridized carbons (Fsp3) is 0.300. The van der Waals surface area contributed by atoms with E-state index in [9.17, 15) is 31.1 Å². The smallest absolute Gasteiger partial charge is 0.417 e. The Morgan fingerprint density at radius 3 is 2.05 bits per heavy atom. The van der Waals surface area contributed by atoms with Crippen LogP contribution in [0.15, 0.2) is 24.3 Å². The van der Waals surface area contributed by atoms with Gasteiger partial charge in [0.15, 0.2) is 0 Å². The number of ether oxygens (including phenoxy) is 1. The average Bonchev–Trinajstić information content (AvgIpc) is 2.30. The average molecular weight is 364 g/mol. The van der Waals surface area contributed by atoms with Crippen molar-refractivity contribution >= 4 is 27.9 Å². The minimum Gasteiger partial charge on any atom is -0.417 e. The highest BCUT2D eigenvalue weighted by atomic mass is 79.9. The maximum atomic E-state index is 13.0. The number of alkyl halides is 6. The Morgan fingerprint density at radius 2 is 1.55 bits per heavy atom. The summed E-state index contributed by atoms with van der Waals surface area (Å²) in [6.07, 6.45) is -13.5. The fourth-order valence-corrected chi connectivity index (χ4v) is 2.23. The molecule has 0 atom stereocenters. The number of hydrogen-bond acceptors (Lipinski definition) is 2. The van der Waals surface area contributed by atoms with Crippen LogP contribution in [0.2, 0.25) is 0 Å². The number of amides is 1. The predicted octanol–water partition coefficient (Wildman–Crippen LogP) is 4.27. The van der Waals surface area contributed by atoms with Gasteiger partial charge in [0, 0.05) is 5.56 Å². The predicted molar refractivity (Wildman–Crippen MR) is 58.1 cm³/mol. The van der Waals surface area contributed by atoms with E-state index in [-0.39, 0.29) is 0 Å². The second-order valence-corrected chi connectivity index (χ2v) is 4.55. The molecule has 1 amide bonds. The number of benzene rings is 1. The van der Waals surface area contributed by atoms with Crippen molar-refractivity contribution in [1.82, 2.24) is 0 Å². The van der Waals surface area contributed by atoms with E-state index in [1.165, 1.54) is 6.07 Å². The third-order valence-electron chi connectivity index (χ3n) is 2.69. The summed E-state index contributed by atoms with van der Waals surface area (Å²) < 4.78 is 82.4. The Labute approximate surface area is 116 Å². The summed E-state index contributed by atoms with van der Waals surface area (Å²) in [5.41, 5.74) is -6.48.